The second-order valence-corrected chi connectivity index (χ2v) is 4.81. The molecule has 1 N–H and O–H groups in total. The van der Waals surface area contributed by atoms with Gasteiger partial charge in [0.2, 0.25) is 0 Å². The van der Waals surface area contributed by atoms with Gasteiger partial charge in [-0.2, -0.15) is 0 Å². The van der Waals surface area contributed by atoms with E-state index >= 15 is 0 Å². The molecule has 1 aromatic rings. The number of hydrogen-bond acceptors (Lipinski definition) is 3. The predicted molar refractivity (Wildman–Crippen MR) is 82.9 cm³/mol. The average Bonchev–Trinajstić information content (AvgIpc) is 2.46. The van der Waals surface area contributed by atoms with Crippen LogP contribution in [0.15, 0.2) is 24.3 Å². The van der Waals surface area contributed by atoms with Crippen LogP contribution in [0, 0.1) is 11.8 Å². The van der Waals surface area contributed by atoms with Crippen molar-refractivity contribution >= 4 is 0 Å². The van der Waals surface area contributed by atoms with Crippen molar-refractivity contribution in [3.8, 4) is 17.6 Å². The fraction of sp³-hybridized carbons (Fsp3) is 0.529. The Morgan fingerprint density at radius 3 is 2.90 bits per heavy atom. The number of benzene rings is 1. The van der Waals surface area contributed by atoms with Crippen molar-refractivity contribution in [2.24, 2.45) is 0 Å². The molecule has 0 unspecified atom stereocenters. The summed E-state index contributed by atoms with van der Waals surface area (Å²) in [5.74, 6) is 6.78. The van der Waals surface area contributed by atoms with Crippen molar-refractivity contribution in [3.63, 3.8) is 0 Å². The molecule has 0 spiro atoms. The van der Waals surface area contributed by atoms with Crippen LogP contribution in [0.3, 0.4) is 0 Å². The number of rotatable bonds is 8. The van der Waals surface area contributed by atoms with Crippen LogP contribution in [0.25, 0.3) is 0 Å². The number of ether oxygens (including phenoxy) is 1. The zero-order chi connectivity index (χ0) is 14.6. The Kier molecular flexibility index (Phi) is 8.53. The maximum Gasteiger partial charge on any atom is 0.120 e. The number of aliphatic hydroxyl groups is 1. The smallest absolute Gasteiger partial charge is 0.120 e. The molecule has 0 aliphatic rings. The van der Waals surface area contributed by atoms with Gasteiger partial charge in [-0.25, -0.2) is 0 Å². The number of hydrogen-bond donors (Lipinski definition) is 1. The first kappa shape index (κ1) is 16.6. The minimum absolute atomic E-state index is 0.104. The van der Waals surface area contributed by atoms with Crippen molar-refractivity contribution in [2.45, 2.75) is 26.2 Å². The van der Waals surface area contributed by atoms with Crippen LogP contribution in [-0.2, 0) is 0 Å². The molecule has 0 bridgehead atoms. The fourth-order valence-corrected chi connectivity index (χ4v) is 1.74. The molecule has 0 aliphatic heterocycles. The van der Waals surface area contributed by atoms with Gasteiger partial charge < -0.3 is 14.7 Å². The molecular formula is C17H25NO2. The van der Waals surface area contributed by atoms with Crippen LogP contribution in [0.2, 0.25) is 0 Å². The molecule has 1 rings (SSSR count). The van der Waals surface area contributed by atoms with E-state index in [-0.39, 0.29) is 6.61 Å². The largest absolute Gasteiger partial charge is 0.492 e. The lowest BCUT2D eigenvalue weighted by Gasteiger charge is -2.16. The highest BCUT2D eigenvalue weighted by molar-refractivity contribution is 5.39. The second-order valence-electron chi connectivity index (χ2n) is 4.81. The monoisotopic (exact) mass is 275 g/mol. The lowest BCUT2D eigenvalue weighted by Crippen LogP contribution is -2.25. The Labute approximate surface area is 122 Å². The quantitative estimate of drug-likeness (QED) is 0.740. The van der Waals surface area contributed by atoms with Gasteiger partial charge in [-0.15, -0.1) is 0 Å². The van der Waals surface area contributed by atoms with Crippen molar-refractivity contribution in [3.05, 3.63) is 29.8 Å². The lowest BCUT2D eigenvalue weighted by atomic mass is 10.2. The molecule has 1 aromatic carbocycles. The molecule has 0 radical (unpaired) electrons. The summed E-state index contributed by atoms with van der Waals surface area (Å²) in [7, 11) is 2.12. The van der Waals surface area contributed by atoms with Crippen LogP contribution in [0.4, 0.5) is 0 Å². The summed E-state index contributed by atoms with van der Waals surface area (Å²) in [5.41, 5.74) is 0.926. The summed E-state index contributed by atoms with van der Waals surface area (Å²) in [6.07, 6.45) is 2.96. The first-order valence-electron chi connectivity index (χ1n) is 7.27. The van der Waals surface area contributed by atoms with Gasteiger partial charge in [-0.05, 0) is 38.2 Å². The summed E-state index contributed by atoms with van der Waals surface area (Å²) < 4.78 is 5.74. The topological polar surface area (TPSA) is 32.7 Å². The van der Waals surface area contributed by atoms with E-state index in [1.807, 2.05) is 24.3 Å². The summed E-state index contributed by atoms with van der Waals surface area (Å²) in [6, 6.07) is 7.78. The number of likely N-dealkylation sites (N-methyl/N-ethyl adjacent to an activating group) is 1. The Hall–Kier alpha value is -1.50. The highest BCUT2D eigenvalue weighted by Gasteiger charge is 1.99. The molecule has 0 aliphatic carbocycles. The molecule has 0 amide bonds. The lowest BCUT2D eigenvalue weighted by molar-refractivity contribution is 0.235. The molecular weight excluding hydrogens is 250 g/mol. The third-order valence-corrected chi connectivity index (χ3v) is 2.94. The SMILES string of the molecule is CCCCN(C)CCOc1cccc(C#CCCO)c1. The Morgan fingerprint density at radius 1 is 1.30 bits per heavy atom. The third kappa shape index (κ3) is 7.18. The van der Waals surface area contributed by atoms with Gasteiger partial charge in [0, 0.05) is 18.5 Å². The zero-order valence-corrected chi connectivity index (χ0v) is 12.6. The van der Waals surface area contributed by atoms with Crippen LogP contribution < -0.4 is 4.74 Å². The standard InChI is InChI=1S/C17H25NO2/c1-3-4-11-18(2)12-14-20-17-10-7-9-16(15-17)8-5-6-13-19/h7,9-10,15,19H,3-4,6,11-14H2,1-2H3. The third-order valence-electron chi connectivity index (χ3n) is 2.94. The Bertz CT molecular complexity index is 434. The van der Waals surface area contributed by atoms with E-state index in [9.17, 15) is 0 Å². The first-order valence-corrected chi connectivity index (χ1v) is 7.27. The van der Waals surface area contributed by atoms with Gasteiger partial charge in [0.1, 0.15) is 12.4 Å². The van der Waals surface area contributed by atoms with Crippen LogP contribution in [-0.4, -0.2) is 43.4 Å². The maximum atomic E-state index is 8.70. The van der Waals surface area contributed by atoms with Gasteiger partial charge in [0.15, 0.2) is 0 Å². The van der Waals surface area contributed by atoms with Crippen molar-refractivity contribution < 1.29 is 9.84 Å². The van der Waals surface area contributed by atoms with E-state index in [2.05, 4.69) is 30.7 Å². The van der Waals surface area contributed by atoms with E-state index in [1.54, 1.807) is 0 Å². The predicted octanol–water partition coefficient (Wildman–Crippen LogP) is 2.53. The van der Waals surface area contributed by atoms with E-state index in [0.717, 1.165) is 24.4 Å². The number of unbranched alkanes of at least 4 members (excludes halogenated alkanes) is 1. The Balaban J connectivity index is 2.37. The van der Waals surface area contributed by atoms with Crippen molar-refractivity contribution in [2.75, 3.05) is 33.4 Å². The molecule has 0 saturated carbocycles. The summed E-state index contributed by atoms with van der Waals surface area (Å²) in [6.45, 7) is 5.04. The van der Waals surface area contributed by atoms with Gasteiger partial charge in [-0.1, -0.05) is 31.3 Å². The van der Waals surface area contributed by atoms with Crippen LogP contribution in [0.1, 0.15) is 31.7 Å². The molecule has 0 aromatic heterocycles. The summed E-state index contributed by atoms with van der Waals surface area (Å²) in [4.78, 5) is 2.29. The molecule has 3 heteroatoms. The van der Waals surface area contributed by atoms with Gasteiger partial charge in [0.05, 0.1) is 6.61 Å². The van der Waals surface area contributed by atoms with E-state index in [1.165, 1.54) is 12.8 Å². The Morgan fingerprint density at radius 2 is 2.15 bits per heavy atom. The number of nitrogens with zero attached hydrogens (tertiary/aromatic N) is 1. The normalized spacial score (nSPS) is 10.2. The van der Waals surface area contributed by atoms with Gasteiger partial charge in [0.25, 0.3) is 0 Å². The summed E-state index contributed by atoms with van der Waals surface area (Å²) in [5, 5.41) is 8.70. The molecule has 0 atom stereocenters. The molecule has 110 valence electrons. The molecule has 20 heavy (non-hydrogen) atoms. The first-order chi connectivity index (χ1) is 9.76. The molecule has 0 fully saturated rings. The average molecular weight is 275 g/mol. The second kappa shape index (κ2) is 10.3. The molecule has 3 nitrogen and oxygen atoms in total. The van der Waals surface area contributed by atoms with Crippen LogP contribution >= 0.6 is 0 Å². The van der Waals surface area contributed by atoms with Crippen molar-refractivity contribution in [1.29, 1.82) is 0 Å². The van der Waals surface area contributed by atoms with E-state index in [0.29, 0.717) is 13.0 Å². The number of aliphatic hydroxyl groups excluding tert-OH is 1. The highest BCUT2D eigenvalue weighted by atomic mass is 16.5. The maximum absolute atomic E-state index is 8.70. The van der Waals surface area contributed by atoms with Crippen molar-refractivity contribution in [1.82, 2.24) is 4.90 Å². The minimum atomic E-state index is 0.104. The zero-order valence-electron chi connectivity index (χ0n) is 12.6. The van der Waals surface area contributed by atoms with Crippen LogP contribution in [0.5, 0.6) is 5.75 Å². The van der Waals surface area contributed by atoms with Gasteiger partial charge in [-0.3, -0.25) is 0 Å². The van der Waals surface area contributed by atoms with E-state index < -0.39 is 0 Å². The van der Waals surface area contributed by atoms with E-state index in [4.69, 9.17) is 9.84 Å². The highest BCUT2D eigenvalue weighted by Crippen LogP contribution is 2.12. The summed E-state index contributed by atoms with van der Waals surface area (Å²) >= 11 is 0. The molecule has 0 saturated heterocycles. The fourth-order valence-electron chi connectivity index (χ4n) is 1.74. The van der Waals surface area contributed by atoms with Gasteiger partial charge >= 0.3 is 0 Å². The minimum Gasteiger partial charge on any atom is -0.492 e. The molecule has 0 heterocycles.